The molecule has 3 saturated carbocycles. The van der Waals surface area contributed by atoms with Crippen LogP contribution in [0.5, 0.6) is 0 Å². The number of fused-ring (bicyclic) bond motifs is 5. The summed E-state index contributed by atoms with van der Waals surface area (Å²) < 4.78 is 0. The number of Topliss-reactive ketones (excluding diaryl/α,β-unsaturated/α-hetero) is 1. The highest BCUT2D eigenvalue weighted by molar-refractivity contribution is 5.87. The maximum atomic E-state index is 12.4. The van der Waals surface area contributed by atoms with Crippen LogP contribution in [-0.4, -0.2) is 29.7 Å². The van der Waals surface area contributed by atoms with Crippen molar-refractivity contribution in [2.75, 3.05) is 7.05 Å². The number of carbonyl (C=O) groups is 2. The molecule has 0 radical (unpaired) electrons. The number of carbonyl (C=O) groups excluding carboxylic acids is 2. The first-order valence-corrected chi connectivity index (χ1v) is 9.17. The van der Waals surface area contributed by atoms with Gasteiger partial charge in [0, 0.05) is 31.3 Å². The summed E-state index contributed by atoms with van der Waals surface area (Å²) in [6.07, 6.45) is 8.33. The molecule has 1 heterocycles. The van der Waals surface area contributed by atoms with E-state index in [9.17, 15) is 9.59 Å². The van der Waals surface area contributed by atoms with Crippen molar-refractivity contribution in [3.63, 3.8) is 0 Å². The number of likely N-dealkylation sites (tertiary alicyclic amines) is 1. The lowest BCUT2D eigenvalue weighted by molar-refractivity contribution is -0.158. The van der Waals surface area contributed by atoms with Gasteiger partial charge >= 0.3 is 0 Å². The largest absolute Gasteiger partial charge is 0.342 e. The molecule has 22 heavy (non-hydrogen) atoms. The summed E-state index contributed by atoms with van der Waals surface area (Å²) in [6.45, 7) is 4.69. The first-order valence-electron chi connectivity index (χ1n) is 9.17. The molecule has 3 nitrogen and oxygen atoms in total. The molecular formula is C19H29NO2. The minimum atomic E-state index is -0.0270. The smallest absolute Gasteiger partial charge is 0.222 e. The molecule has 3 heteroatoms. The number of piperidine rings is 1. The van der Waals surface area contributed by atoms with Gasteiger partial charge in [-0.1, -0.05) is 13.8 Å². The molecule has 1 amide bonds. The molecule has 6 atom stereocenters. The van der Waals surface area contributed by atoms with Crippen molar-refractivity contribution in [3.05, 3.63) is 0 Å². The zero-order valence-corrected chi connectivity index (χ0v) is 14.2. The van der Waals surface area contributed by atoms with E-state index >= 15 is 0 Å². The summed E-state index contributed by atoms with van der Waals surface area (Å²) in [6, 6.07) is 0.427. The lowest BCUT2D eigenvalue weighted by atomic mass is 9.47. The quantitative estimate of drug-likeness (QED) is 0.687. The van der Waals surface area contributed by atoms with E-state index in [2.05, 4.69) is 13.8 Å². The van der Waals surface area contributed by atoms with Crippen molar-refractivity contribution in [1.29, 1.82) is 0 Å². The van der Waals surface area contributed by atoms with E-state index in [1.807, 2.05) is 11.9 Å². The average Bonchev–Trinajstić information content (AvgIpc) is 2.79. The average molecular weight is 303 g/mol. The maximum absolute atomic E-state index is 12.4. The topological polar surface area (TPSA) is 37.4 Å². The molecule has 0 aromatic rings. The van der Waals surface area contributed by atoms with Crippen LogP contribution in [0, 0.1) is 28.6 Å². The highest BCUT2D eigenvalue weighted by atomic mass is 16.2. The van der Waals surface area contributed by atoms with Gasteiger partial charge in [-0.05, 0) is 61.7 Å². The van der Waals surface area contributed by atoms with E-state index in [0.717, 1.165) is 32.1 Å². The Morgan fingerprint density at radius 1 is 0.955 bits per heavy atom. The molecule has 1 aliphatic heterocycles. The summed E-state index contributed by atoms with van der Waals surface area (Å²) in [5.41, 5.74) is 0.249. The minimum absolute atomic E-state index is 0.0270. The number of ketones is 1. The van der Waals surface area contributed by atoms with Gasteiger partial charge in [-0.25, -0.2) is 0 Å². The predicted molar refractivity (Wildman–Crippen MR) is 85.2 cm³/mol. The Balaban J connectivity index is 1.67. The number of hydrogen-bond donors (Lipinski definition) is 0. The number of nitrogens with zero attached hydrogens (tertiary/aromatic N) is 1. The molecule has 0 aromatic carbocycles. The fourth-order valence-electron chi connectivity index (χ4n) is 6.92. The van der Waals surface area contributed by atoms with Crippen molar-refractivity contribution in [2.45, 2.75) is 71.3 Å². The van der Waals surface area contributed by atoms with Crippen LogP contribution >= 0.6 is 0 Å². The Kier molecular flexibility index (Phi) is 3.06. The first kappa shape index (κ1) is 14.7. The summed E-state index contributed by atoms with van der Waals surface area (Å²) in [7, 11) is 2.01. The van der Waals surface area contributed by atoms with E-state index in [-0.39, 0.29) is 10.8 Å². The van der Waals surface area contributed by atoms with E-state index in [4.69, 9.17) is 0 Å². The summed E-state index contributed by atoms with van der Waals surface area (Å²) >= 11 is 0. The van der Waals surface area contributed by atoms with Crippen LogP contribution in [0.4, 0.5) is 0 Å². The Bertz CT molecular complexity index is 530. The molecule has 1 saturated heterocycles. The molecular weight excluding hydrogens is 274 g/mol. The fraction of sp³-hybridized carbons (Fsp3) is 0.895. The molecule has 4 fully saturated rings. The third kappa shape index (κ3) is 1.68. The SMILES string of the molecule is CN1C(=O)CC[C@]2(C)C3CC[C@]4(C)C(=O)CCC4C3CC[C@@H]12. The lowest BCUT2D eigenvalue weighted by Crippen LogP contribution is -2.61. The summed E-state index contributed by atoms with van der Waals surface area (Å²) in [5, 5.41) is 0. The van der Waals surface area contributed by atoms with Gasteiger partial charge in [0.05, 0.1) is 0 Å². The molecule has 0 bridgehead atoms. The second kappa shape index (κ2) is 4.58. The molecule has 0 aromatic heterocycles. The Hall–Kier alpha value is -0.860. The van der Waals surface area contributed by atoms with Crippen molar-refractivity contribution in [3.8, 4) is 0 Å². The van der Waals surface area contributed by atoms with Crippen LogP contribution in [-0.2, 0) is 9.59 Å². The second-order valence-corrected chi connectivity index (χ2v) is 8.90. The van der Waals surface area contributed by atoms with Crippen LogP contribution in [0.1, 0.15) is 65.2 Å². The predicted octanol–water partition coefficient (Wildman–Crippen LogP) is 3.42. The molecule has 3 aliphatic carbocycles. The van der Waals surface area contributed by atoms with Gasteiger partial charge in [-0.15, -0.1) is 0 Å². The highest BCUT2D eigenvalue weighted by Gasteiger charge is 2.61. The third-order valence-electron chi connectivity index (χ3n) is 8.27. The number of hydrogen-bond acceptors (Lipinski definition) is 2. The van der Waals surface area contributed by atoms with Gasteiger partial charge in [0.2, 0.25) is 5.91 Å². The summed E-state index contributed by atoms with van der Waals surface area (Å²) in [4.78, 5) is 26.6. The molecule has 3 unspecified atom stereocenters. The third-order valence-corrected chi connectivity index (χ3v) is 8.27. The lowest BCUT2D eigenvalue weighted by Gasteiger charge is -2.61. The zero-order valence-electron chi connectivity index (χ0n) is 14.2. The molecule has 0 spiro atoms. The van der Waals surface area contributed by atoms with Gasteiger partial charge in [-0.2, -0.15) is 0 Å². The Morgan fingerprint density at radius 2 is 1.73 bits per heavy atom. The van der Waals surface area contributed by atoms with Gasteiger partial charge < -0.3 is 4.90 Å². The van der Waals surface area contributed by atoms with Crippen molar-refractivity contribution >= 4 is 11.7 Å². The molecule has 4 aliphatic rings. The highest BCUT2D eigenvalue weighted by Crippen LogP contribution is 2.63. The summed E-state index contributed by atoms with van der Waals surface area (Å²) in [5.74, 6) is 2.90. The maximum Gasteiger partial charge on any atom is 0.222 e. The fourth-order valence-corrected chi connectivity index (χ4v) is 6.92. The monoisotopic (exact) mass is 303 g/mol. The second-order valence-electron chi connectivity index (χ2n) is 8.90. The molecule has 4 rings (SSSR count). The van der Waals surface area contributed by atoms with Crippen LogP contribution in [0.25, 0.3) is 0 Å². The van der Waals surface area contributed by atoms with Crippen molar-refractivity contribution in [2.24, 2.45) is 28.6 Å². The standard InChI is InChI=1S/C19H29NO2/c1-18-11-9-17(22)20(3)15(18)6-4-12-13-5-7-16(21)19(13,2)10-8-14(12)18/h12-15H,4-11H2,1-3H3/t12?,13?,14?,15-,18-,19+/m1/s1. The van der Waals surface area contributed by atoms with Crippen molar-refractivity contribution in [1.82, 2.24) is 4.90 Å². The van der Waals surface area contributed by atoms with Crippen LogP contribution in [0.3, 0.4) is 0 Å². The van der Waals surface area contributed by atoms with E-state index < -0.39 is 0 Å². The van der Waals surface area contributed by atoms with Gasteiger partial charge in [0.15, 0.2) is 0 Å². The normalized spacial score (nSPS) is 51.3. The van der Waals surface area contributed by atoms with Crippen LogP contribution in [0.2, 0.25) is 0 Å². The van der Waals surface area contributed by atoms with Gasteiger partial charge in [0.1, 0.15) is 5.78 Å². The van der Waals surface area contributed by atoms with E-state index in [1.165, 1.54) is 12.8 Å². The van der Waals surface area contributed by atoms with Crippen LogP contribution in [0.15, 0.2) is 0 Å². The minimum Gasteiger partial charge on any atom is -0.342 e. The first-order chi connectivity index (χ1) is 10.4. The zero-order chi connectivity index (χ0) is 15.7. The van der Waals surface area contributed by atoms with Crippen molar-refractivity contribution < 1.29 is 9.59 Å². The number of amides is 1. The molecule has 122 valence electrons. The van der Waals surface area contributed by atoms with Gasteiger partial charge in [-0.3, -0.25) is 9.59 Å². The van der Waals surface area contributed by atoms with Crippen LogP contribution < -0.4 is 0 Å². The Labute approximate surface area is 133 Å². The van der Waals surface area contributed by atoms with E-state index in [1.54, 1.807) is 0 Å². The van der Waals surface area contributed by atoms with Gasteiger partial charge in [0.25, 0.3) is 0 Å². The number of rotatable bonds is 0. The van der Waals surface area contributed by atoms with E-state index in [0.29, 0.717) is 41.9 Å². The Morgan fingerprint density at radius 3 is 2.50 bits per heavy atom. The molecule has 0 N–H and O–H groups in total.